The molecule has 29 heavy (non-hydrogen) atoms. The zero-order valence-electron chi connectivity index (χ0n) is 18.3. The molecule has 2 rings (SSSR count). The largest absolute Gasteiger partial charge is 0.493 e. The Hall–Kier alpha value is -1.94. The number of aromatic nitrogens is 2. The van der Waals surface area contributed by atoms with E-state index in [9.17, 15) is 5.11 Å². The summed E-state index contributed by atoms with van der Waals surface area (Å²) in [6.07, 6.45) is 16.3. The molecule has 1 aromatic carbocycles. The van der Waals surface area contributed by atoms with Crippen molar-refractivity contribution in [2.24, 2.45) is 0 Å². The van der Waals surface area contributed by atoms with Crippen molar-refractivity contribution >= 4 is 0 Å². The quantitative estimate of drug-likeness (QED) is 0.354. The Kier molecular flexibility index (Phi) is 11.4. The third-order valence-corrected chi connectivity index (χ3v) is 5.21. The summed E-state index contributed by atoms with van der Waals surface area (Å²) in [5.41, 5.74) is 2.18. The van der Waals surface area contributed by atoms with E-state index < -0.39 is 0 Å². The first-order valence-electron chi connectivity index (χ1n) is 11.4. The number of aliphatic hydroxyl groups is 1. The standard InChI is InChI=1S/C25H38N2O2/c1-3-4-5-6-7-8-9-10-19-29-24-20-23(25-26-17-12-18-27-25)16-15-22(24)14-11-13-21(2)28/h12,15-18,20-21,28H,3-11,13-14,19H2,1-2H3. The Morgan fingerprint density at radius 1 is 0.931 bits per heavy atom. The summed E-state index contributed by atoms with van der Waals surface area (Å²) in [7, 11) is 0. The van der Waals surface area contributed by atoms with Gasteiger partial charge in [-0.2, -0.15) is 0 Å². The number of hydrogen-bond donors (Lipinski definition) is 1. The Morgan fingerprint density at radius 2 is 1.62 bits per heavy atom. The molecule has 1 unspecified atom stereocenters. The van der Waals surface area contributed by atoms with Gasteiger partial charge in [0.25, 0.3) is 0 Å². The molecule has 4 heteroatoms. The maximum atomic E-state index is 9.54. The zero-order valence-corrected chi connectivity index (χ0v) is 18.3. The van der Waals surface area contributed by atoms with Crippen LogP contribution >= 0.6 is 0 Å². The van der Waals surface area contributed by atoms with E-state index in [2.05, 4.69) is 35.1 Å². The molecule has 0 aliphatic rings. The molecule has 0 amide bonds. The average Bonchev–Trinajstić information content (AvgIpc) is 2.73. The summed E-state index contributed by atoms with van der Waals surface area (Å²) in [6.45, 7) is 4.85. The van der Waals surface area contributed by atoms with E-state index in [4.69, 9.17) is 4.74 Å². The van der Waals surface area contributed by atoms with Crippen LogP contribution in [-0.4, -0.2) is 27.8 Å². The minimum atomic E-state index is -0.256. The molecule has 2 aromatic rings. The van der Waals surface area contributed by atoms with Crippen LogP contribution in [0.3, 0.4) is 0 Å². The van der Waals surface area contributed by atoms with Gasteiger partial charge in [0, 0.05) is 18.0 Å². The molecule has 0 saturated heterocycles. The smallest absolute Gasteiger partial charge is 0.159 e. The molecular formula is C25H38N2O2. The molecule has 4 nitrogen and oxygen atoms in total. The summed E-state index contributed by atoms with van der Waals surface area (Å²) in [5, 5.41) is 9.54. The molecule has 1 heterocycles. The predicted octanol–water partition coefficient (Wildman–Crippen LogP) is 6.37. The van der Waals surface area contributed by atoms with Gasteiger partial charge in [-0.05, 0) is 50.3 Å². The third-order valence-electron chi connectivity index (χ3n) is 5.21. The summed E-state index contributed by atoms with van der Waals surface area (Å²) in [4.78, 5) is 8.71. The number of nitrogens with zero attached hydrogens (tertiary/aromatic N) is 2. The first kappa shape index (κ1) is 23.3. The van der Waals surface area contributed by atoms with Gasteiger partial charge < -0.3 is 9.84 Å². The van der Waals surface area contributed by atoms with Gasteiger partial charge in [-0.15, -0.1) is 0 Å². The SMILES string of the molecule is CCCCCCCCCCOc1cc(-c2ncccn2)ccc1CCCC(C)O. The second-order valence-electron chi connectivity index (χ2n) is 7.96. The molecule has 1 N–H and O–H groups in total. The Bertz CT molecular complexity index is 674. The molecule has 160 valence electrons. The van der Waals surface area contributed by atoms with E-state index in [1.807, 2.05) is 13.0 Å². The topological polar surface area (TPSA) is 55.2 Å². The van der Waals surface area contributed by atoms with Crippen LogP contribution in [0.4, 0.5) is 0 Å². The van der Waals surface area contributed by atoms with Crippen LogP contribution in [0.15, 0.2) is 36.7 Å². The molecule has 0 aliphatic carbocycles. The molecule has 1 atom stereocenters. The fourth-order valence-electron chi connectivity index (χ4n) is 3.49. The fraction of sp³-hybridized carbons (Fsp3) is 0.600. The second-order valence-corrected chi connectivity index (χ2v) is 7.96. The highest BCUT2D eigenvalue weighted by atomic mass is 16.5. The second kappa shape index (κ2) is 14.1. The highest BCUT2D eigenvalue weighted by Crippen LogP contribution is 2.27. The normalized spacial score (nSPS) is 12.1. The molecule has 0 bridgehead atoms. The van der Waals surface area contributed by atoms with Crippen molar-refractivity contribution in [1.82, 2.24) is 9.97 Å². The summed E-state index contributed by atoms with van der Waals surface area (Å²) < 4.78 is 6.18. The van der Waals surface area contributed by atoms with E-state index in [-0.39, 0.29) is 6.10 Å². The lowest BCUT2D eigenvalue weighted by Gasteiger charge is -2.14. The van der Waals surface area contributed by atoms with Crippen LogP contribution in [0.2, 0.25) is 0 Å². The van der Waals surface area contributed by atoms with Gasteiger partial charge in [0.2, 0.25) is 0 Å². The highest BCUT2D eigenvalue weighted by molar-refractivity contribution is 5.59. The summed E-state index contributed by atoms with van der Waals surface area (Å²) >= 11 is 0. The Labute approximate surface area is 176 Å². The number of rotatable bonds is 15. The van der Waals surface area contributed by atoms with E-state index in [0.717, 1.165) is 49.4 Å². The molecule has 0 radical (unpaired) electrons. The van der Waals surface area contributed by atoms with Gasteiger partial charge >= 0.3 is 0 Å². The maximum absolute atomic E-state index is 9.54. The molecule has 0 fully saturated rings. The van der Waals surface area contributed by atoms with Crippen molar-refractivity contribution in [2.45, 2.75) is 90.6 Å². The van der Waals surface area contributed by atoms with E-state index >= 15 is 0 Å². The number of hydrogen-bond acceptors (Lipinski definition) is 4. The maximum Gasteiger partial charge on any atom is 0.159 e. The van der Waals surface area contributed by atoms with Crippen LogP contribution in [0.25, 0.3) is 11.4 Å². The van der Waals surface area contributed by atoms with Crippen LogP contribution in [0.1, 0.15) is 83.6 Å². The van der Waals surface area contributed by atoms with Crippen LogP contribution in [-0.2, 0) is 6.42 Å². The lowest BCUT2D eigenvalue weighted by molar-refractivity contribution is 0.181. The van der Waals surface area contributed by atoms with Crippen molar-refractivity contribution in [3.05, 3.63) is 42.2 Å². The first-order valence-corrected chi connectivity index (χ1v) is 11.4. The van der Waals surface area contributed by atoms with Gasteiger partial charge in [-0.3, -0.25) is 0 Å². The lowest BCUT2D eigenvalue weighted by Crippen LogP contribution is -2.03. The number of ether oxygens (including phenoxy) is 1. The van der Waals surface area contributed by atoms with Crippen molar-refractivity contribution in [3.63, 3.8) is 0 Å². The first-order chi connectivity index (χ1) is 14.2. The Morgan fingerprint density at radius 3 is 2.31 bits per heavy atom. The van der Waals surface area contributed by atoms with E-state index in [0.29, 0.717) is 0 Å². The highest BCUT2D eigenvalue weighted by Gasteiger charge is 2.09. The molecule has 0 spiro atoms. The van der Waals surface area contributed by atoms with Gasteiger partial charge in [-0.1, -0.05) is 64.0 Å². The molecular weight excluding hydrogens is 360 g/mol. The molecule has 1 aromatic heterocycles. The predicted molar refractivity (Wildman–Crippen MR) is 120 cm³/mol. The zero-order chi connectivity index (χ0) is 20.7. The van der Waals surface area contributed by atoms with E-state index in [1.54, 1.807) is 12.4 Å². The van der Waals surface area contributed by atoms with Crippen LogP contribution in [0, 0.1) is 0 Å². The fourth-order valence-corrected chi connectivity index (χ4v) is 3.49. The number of aryl methyl sites for hydroxylation is 1. The van der Waals surface area contributed by atoms with Gasteiger partial charge in [0.05, 0.1) is 12.7 Å². The van der Waals surface area contributed by atoms with Gasteiger partial charge in [-0.25, -0.2) is 9.97 Å². The van der Waals surface area contributed by atoms with Crippen molar-refractivity contribution in [3.8, 4) is 17.1 Å². The Balaban J connectivity index is 1.88. The minimum Gasteiger partial charge on any atom is -0.493 e. The number of benzene rings is 1. The van der Waals surface area contributed by atoms with Crippen molar-refractivity contribution in [2.75, 3.05) is 6.61 Å². The van der Waals surface area contributed by atoms with Gasteiger partial charge in [0.1, 0.15) is 5.75 Å². The summed E-state index contributed by atoms with van der Waals surface area (Å²) in [5.74, 6) is 1.66. The van der Waals surface area contributed by atoms with Crippen LogP contribution in [0.5, 0.6) is 5.75 Å². The lowest BCUT2D eigenvalue weighted by atomic mass is 10.0. The third kappa shape index (κ3) is 9.40. The number of aliphatic hydroxyl groups excluding tert-OH is 1. The van der Waals surface area contributed by atoms with Gasteiger partial charge in [0.15, 0.2) is 5.82 Å². The monoisotopic (exact) mass is 398 g/mol. The van der Waals surface area contributed by atoms with Crippen molar-refractivity contribution in [1.29, 1.82) is 0 Å². The van der Waals surface area contributed by atoms with Crippen molar-refractivity contribution < 1.29 is 9.84 Å². The minimum absolute atomic E-state index is 0.256. The van der Waals surface area contributed by atoms with Crippen LogP contribution < -0.4 is 4.74 Å². The summed E-state index contributed by atoms with van der Waals surface area (Å²) in [6, 6.07) is 8.08. The van der Waals surface area contributed by atoms with E-state index in [1.165, 1.54) is 50.5 Å². The molecule has 0 aliphatic heterocycles. The number of unbranched alkanes of at least 4 members (excludes halogenated alkanes) is 7. The molecule has 0 saturated carbocycles. The average molecular weight is 399 g/mol.